The number of benzene rings is 4. The molecule has 3 heteroatoms. The third kappa shape index (κ3) is 7.55. The molecule has 0 aliphatic carbocycles. The summed E-state index contributed by atoms with van der Waals surface area (Å²) in [4.78, 5) is 0. The molecule has 6 aromatic rings. The predicted molar refractivity (Wildman–Crippen MR) is 189 cm³/mol. The van der Waals surface area contributed by atoms with Gasteiger partial charge < -0.3 is 30.3 Å². The fourth-order valence-electron chi connectivity index (χ4n) is 5.56. The Balaban J connectivity index is 0.000000641. The van der Waals surface area contributed by atoms with E-state index in [0.717, 1.165) is 0 Å². The van der Waals surface area contributed by atoms with Gasteiger partial charge in [-0.25, -0.2) is 12.1 Å². The van der Waals surface area contributed by atoms with Gasteiger partial charge in [-0.05, 0) is 92.7 Å². The van der Waals surface area contributed by atoms with Crippen LogP contribution in [-0.4, -0.2) is 0 Å². The van der Waals surface area contributed by atoms with Crippen LogP contribution in [0.1, 0.15) is 40.4 Å². The van der Waals surface area contributed by atoms with Crippen molar-refractivity contribution in [1.82, 2.24) is 0 Å². The third-order valence-electron chi connectivity index (χ3n) is 8.16. The van der Waals surface area contributed by atoms with Crippen molar-refractivity contribution in [3.05, 3.63) is 173 Å². The molecule has 0 aliphatic heterocycles. The van der Waals surface area contributed by atoms with E-state index < -0.39 is 15.8 Å². The van der Waals surface area contributed by atoms with Crippen molar-refractivity contribution < 1.29 is 17.1 Å². The first kappa shape index (κ1) is 32.9. The molecule has 0 nitrogen and oxygen atoms in total. The Bertz CT molecular complexity index is 1580. The van der Waals surface area contributed by atoms with Crippen molar-refractivity contribution in [2.45, 2.75) is 40.3 Å². The standard InChI is InChI=1S/C35H35P2.C5H5.Fe/c1-25-15-12-22-33(27(25)3)36(34-23-13-16-26(2)28(34)4)29(5)32-21-14-24-35(32)37(30-17-8-6-9-18-30)31-19-10-7-11-20-31;1-2-4-5-3-1;/h6-24,29H,1-5H3;1-5H;/q-1;-5;. The Morgan fingerprint density at radius 3 is 1.42 bits per heavy atom. The second-order valence-corrected chi connectivity index (χ2v) is 15.5. The number of hydrogen-bond acceptors (Lipinski definition) is 0. The van der Waals surface area contributed by atoms with Gasteiger partial charge in [0, 0.05) is 17.1 Å². The SMILES string of the molecule is Cc1cccc(P(c2cccc(C)c2C)C(C)[c-]2cccc2P(c2ccccc2)c2ccccc2)c1C.[Fe].[cH-]1[cH-][cH-][cH-][cH-]1. The molecule has 224 valence electrons. The van der Waals surface area contributed by atoms with Gasteiger partial charge in [0.25, 0.3) is 0 Å². The van der Waals surface area contributed by atoms with E-state index in [4.69, 9.17) is 0 Å². The van der Waals surface area contributed by atoms with Crippen LogP contribution in [0.4, 0.5) is 0 Å². The van der Waals surface area contributed by atoms with Crippen LogP contribution in [0.2, 0.25) is 0 Å². The Kier molecular flexibility index (Phi) is 11.9. The molecular weight excluding hydrogens is 598 g/mol. The molecule has 0 amide bonds. The maximum Gasteiger partial charge on any atom is 0 e. The number of aryl methyl sites for hydroxylation is 2. The molecule has 0 aromatic heterocycles. The van der Waals surface area contributed by atoms with Gasteiger partial charge in [-0.3, -0.25) is 0 Å². The van der Waals surface area contributed by atoms with Gasteiger partial charge in [-0.1, -0.05) is 104 Å². The zero-order valence-corrected chi connectivity index (χ0v) is 28.6. The molecule has 6 rings (SSSR count). The van der Waals surface area contributed by atoms with Crippen LogP contribution in [0.5, 0.6) is 0 Å². The van der Waals surface area contributed by atoms with Crippen molar-refractivity contribution >= 4 is 42.4 Å². The zero-order valence-electron chi connectivity index (χ0n) is 25.7. The second-order valence-electron chi connectivity index (χ2n) is 10.8. The smallest absolute Gasteiger partial charge is 0 e. The molecule has 0 spiro atoms. The average Bonchev–Trinajstić information content (AvgIpc) is 3.75. The van der Waals surface area contributed by atoms with Gasteiger partial charge in [0.05, 0.1) is 0 Å². The Morgan fingerprint density at radius 2 is 0.977 bits per heavy atom. The van der Waals surface area contributed by atoms with Crippen molar-refractivity contribution in [2.75, 3.05) is 0 Å². The van der Waals surface area contributed by atoms with Gasteiger partial charge in [-0.2, -0.15) is 6.07 Å². The minimum atomic E-state index is -0.642. The summed E-state index contributed by atoms with van der Waals surface area (Å²) < 4.78 is 0. The molecule has 0 aliphatic rings. The van der Waals surface area contributed by atoms with Gasteiger partial charge >= 0.3 is 0 Å². The summed E-state index contributed by atoms with van der Waals surface area (Å²) in [6.45, 7) is 11.6. The van der Waals surface area contributed by atoms with Crippen LogP contribution in [-0.2, 0) is 17.1 Å². The molecule has 1 atom stereocenters. The van der Waals surface area contributed by atoms with Crippen LogP contribution < -0.4 is 26.5 Å². The van der Waals surface area contributed by atoms with Crippen molar-refractivity contribution in [3.8, 4) is 0 Å². The van der Waals surface area contributed by atoms with Gasteiger partial charge in [0.15, 0.2) is 0 Å². The third-order valence-corrected chi connectivity index (χ3v) is 13.7. The summed E-state index contributed by atoms with van der Waals surface area (Å²) in [6, 6.07) is 53.0. The van der Waals surface area contributed by atoms with E-state index in [1.165, 1.54) is 54.3 Å². The summed E-state index contributed by atoms with van der Waals surface area (Å²) >= 11 is 0. The van der Waals surface area contributed by atoms with E-state index in [1.54, 1.807) is 0 Å². The van der Waals surface area contributed by atoms with Crippen LogP contribution >= 0.6 is 15.8 Å². The normalized spacial score (nSPS) is 11.5. The maximum atomic E-state index is 2.47. The molecule has 0 fully saturated rings. The molecular formula is C40H40FeP2-6. The Morgan fingerprint density at radius 1 is 0.535 bits per heavy atom. The van der Waals surface area contributed by atoms with Gasteiger partial charge in [0.1, 0.15) is 0 Å². The second kappa shape index (κ2) is 15.6. The molecule has 0 heterocycles. The number of rotatable bonds is 7. The summed E-state index contributed by atoms with van der Waals surface area (Å²) in [6.07, 6.45) is 0. The molecule has 0 saturated heterocycles. The molecule has 0 radical (unpaired) electrons. The average molecular weight is 639 g/mol. The Hall–Kier alpha value is -3.04. The first-order valence-corrected chi connectivity index (χ1v) is 17.5. The van der Waals surface area contributed by atoms with E-state index >= 15 is 0 Å². The summed E-state index contributed by atoms with van der Waals surface area (Å²) in [5.41, 5.74) is 7.50. The molecule has 0 bridgehead atoms. The van der Waals surface area contributed by atoms with Crippen molar-refractivity contribution in [1.29, 1.82) is 0 Å². The minimum Gasteiger partial charge on any atom is -0.748 e. The number of hydrogen-bond donors (Lipinski definition) is 0. The van der Waals surface area contributed by atoms with Crippen LogP contribution in [0.15, 0.2) is 146 Å². The molecule has 43 heavy (non-hydrogen) atoms. The molecule has 1 unspecified atom stereocenters. The monoisotopic (exact) mass is 638 g/mol. The predicted octanol–water partition coefficient (Wildman–Crippen LogP) is 8.99. The van der Waals surface area contributed by atoms with Crippen molar-refractivity contribution in [3.63, 3.8) is 0 Å². The fourth-order valence-corrected chi connectivity index (χ4v) is 11.4. The van der Waals surface area contributed by atoms with Crippen LogP contribution in [0, 0.1) is 27.7 Å². The fraction of sp³-hybridized carbons (Fsp3) is 0.150. The molecule has 0 N–H and O–H groups in total. The maximum absolute atomic E-state index is 2.47. The first-order valence-electron chi connectivity index (χ1n) is 14.7. The summed E-state index contributed by atoms with van der Waals surface area (Å²) in [7, 11) is -1.25. The quantitative estimate of drug-likeness (QED) is 0.0931. The van der Waals surface area contributed by atoms with Gasteiger partial charge in [0.2, 0.25) is 0 Å². The van der Waals surface area contributed by atoms with E-state index in [2.05, 4.69) is 150 Å². The van der Waals surface area contributed by atoms with Crippen LogP contribution in [0.25, 0.3) is 0 Å². The topological polar surface area (TPSA) is 0 Å². The van der Waals surface area contributed by atoms with E-state index in [-0.39, 0.29) is 17.1 Å². The Labute approximate surface area is 271 Å². The first-order chi connectivity index (χ1) is 20.5. The summed E-state index contributed by atoms with van der Waals surface area (Å²) in [5.74, 6) is 0. The van der Waals surface area contributed by atoms with Crippen LogP contribution in [0.3, 0.4) is 0 Å². The molecule has 6 aromatic carbocycles. The van der Waals surface area contributed by atoms with E-state index in [9.17, 15) is 0 Å². The minimum absolute atomic E-state index is 0. The summed E-state index contributed by atoms with van der Waals surface area (Å²) in [5, 5.41) is 7.32. The molecule has 0 saturated carbocycles. The van der Waals surface area contributed by atoms with Gasteiger partial charge in [-0.15, -0.1) is 10.9 Å². The van der Waals surface area contributed by atoms with E-state index in [1.807, 2.05) is 30.3 Å². The van der Waals surface area contributed by atoms with Crippen molar-refractivity contribution in [2.24, 2.45) is 0 Å². The van der Waals surface area contributed by atoms with E-state index in [0.29, 0.717) is 5.66 Å². The largest absolute Gasteiger partial charge is 0.748 e. The zero-order chi connectivity index (χ0) is 29.5.